The Hall–Kier alpha value is -2.55. The number of nitrogens with zero attached hydrogens (tertiary/aromatic N) is 2. The van der Waals surface area contributed by atoms with E-state index in [1.165, 1.54) is 13.3 Å². The number of aliphatic hydroxyl groups is 1. The molecule has 1 amide bonds. The van der Waals surface area contributed by atoms with Crippen LogP contribution in [-0.4, -0.2) is 55.0 Å². The van der Waals surface area contributed by atoms with Crippen molar-refractivity contribution in [2.24, 2.45) is 11.3 Å². The van der Waals surface area contributed by atoms with E-state index in [0.717, 1.165) is 0 Å². The highest BCUT2D eigenvalue weighted by Crippen LogP contribution is 2.38. The molecule has 0 bridgehead atoms. The van der Waals surface area contributed by atoms with E-state index in [1.807, 2.05) is 25.7 Å². The first kappa shape index (κ1) is 24.1. The summed E-state index contributed by atoms with van der Waals surface area (Å²) in [5.74, 6) is -1.11. The molecule has 0 spiro atoms. The summed E-state index contributed by atoms with van der Waals surface area (Å²) in [6.07, 6.45) is -2.67. The lowest BCUT2D eigenvalue weighted by Gasteiger charge is -2.35. The maximum atomic E-state index is 13.0. The van der Waals surface area contributed by atoms with Crippen molar-refractivity contribution in [3.8, 4) is 5.75 Å². The van der Waals surface area contributed by atoms with Crippen molar-refractivity contribution in [2.75, 3.05) is 31.7 Å². The SMILES string of the molecule is COc1cc(N2CCC(C(F)(F)F)CC2)c2ncc(C(=O)N[C@@H](CO)C(C)(C)C)cc2c1. The summed E-state index contributed by atoms with van der Waals surface area (Å²) < 4.78 is 44.5. The molecule has 6 nitrogen and oxygen atoms in total. The van der Waals surface area contributed by atoms with Gasteiger partial charge in [-0.25, -0.2) is 0 Å². The number of halogens is 3. The molecule has 32 heavy (non-hydrogen) atoms. The van der Waals surface area contributed by atoms with Crippen LogP contribution in [0.2, 0.25) is 0 Å². The summed E-state index contributed by atoms with van der Waals surface area (Å²) in [5, 5.41) is 13.1. The van der Waals surface area contributed by atoms with Crippen LogP contribution in [0.4, 0.5) is 18.9 Å². The lowest BCUT2D eigenvalue weighted by atomic mass is 9.87. The van der Waals surface area contributed by atoms with Gasteiger partial charge in [-0.05, 0) is 30.4 Å². The Labute approximate surface area is 185 Å². The van der Waals surface area contributed by atoms with Crippen molar-refractivity contribution in [1.82, 2.24) is 10.3 Å². The number of hydrogen-bond donors (Lipinski definition) is 2. The first-order valence-corrected chi connectivity index (χ1v) is 10.6. The summed E-state index contributed by atoms with van der Waals surface area (Å²) in [4.78, 5) is 19.1. The number of fused-ring (bicyclic) bond motifs is 1. The number of amides is 1. The second kappa shape index (κ2) is 9.13. The predicted molar refractivity (Wildman–Crippen MR) is 117 cm³/mol. The summed E-state index contributed by atoms with van der Waals surface area (Å²) in [7, 11) is 1.51. The lowest BCUT2D eigenvalue weighted by Crippen LogP contribution is -2.46. The number of pyridine rings is 1. The highest BCUT2D eigenvalue weighted by atomic mass is 19.4. The molecule has 2 N–H and O–H groups in total. The topological polar surface area (TPSA) is 74.7 Å². The summed E-state index contributed by atoms with van der Waals surface area (Å²) in [6.45, 7) is 6.10. The van der Waals surface area contributed by atoms with Gasteiger partial charge >= 0.3 is 6.18 Å². The first-order valence-electron chi connectivity index (χ1n) is 10.6. The molecule has 2 aromatic rings. The van der Waals surface area contributed by atoms with E-state index < -0.39 is 18.1 Å². The van der Waals surface area contributed by atoms with Crippen LogP contribution in [0.15, 0.2) is 24.4 Å². The van der Waals surface area contributed by atoms with Gasteiger partial charge in [-0.15, -0.1) is 0 Å². The molecule has 3 rings (SSSR count). The van der Waals surface area contributed by atoms with Crippen LogP contribution in [0.1, 0.15) is 44.0 Å². The Morgan fingerprint density at radius 2 is 1.91 bits per heavy atom. The van der Waals surface area contributed by atoms with Gasteiger partial charge in [0.05, 0.1) is 42.4 Å². The van der Waals surface area contributed by atoms with Crippen molar-refractivity contribution in [3.05, 3.63) is 30.0 Å². The van der Waals surface area contributed by atoms with Crippen molar-refractivity contribution in [1.29, 1.82) is 0 Å². The zero-order valence-corrected chi connectivity index (χ0v) is 18.8. The minimum Gasteiger partial charge on any atom is -0.497 e. The number of aliphatic hydroxyl groups excluding tert-OH is 1. The van der Waals surface area contributed by atoms with Crippen molar-refractivity contribution in [3.63, 3.8) is 0 Å². The van der Waals surface area contributed by atoms with Crippen LogP contribution in [0.5, 0.6) is 5.75 Å². The van der Waals surface area contributed by atoms with Gasteiger partial charge in [0.25, 0.3) is 5.91 Å². The van der Waals surface area contributed by atoms with Gasteiger partial charge in [-0.1, -0.05) is 20.8 Å². The third-order valence-corrected chi connectivity index (χ3v) is 6.07. The number of aromatic nitrogens is 1. The highest BCUT2D eigenvalue weighted by Gasteiger charge is 2.41. The number of methoxy groups -OCH3 is 1. The van der Waals surface area contributed by atoms with E-state index in [-0.39, 0.29) is 43.9 Å². The van der Waals surface area contributed by atoms with E-state index in [1.54, 1.807) is 18.2 Å². The Kier molecular flexibility index (Phi) is 6.88. The van der Waals surface area contributed by atoms with E-state index in [9.17, 15) is 23.1 Å². The largest absolute Gasteiger partial charge is 0.497 e. The number of ether oxygens (including phenoxy) is 1. The number of nitrogens with one attached hydrogen (secondary N) is 1. The lowest BCUT2D eigenvalue weighted by molar-refractivity contribution is -0.179. The molecule has 0 saturated carbocycles. The van der Waals surface area contributed by atoms with Crippen LogP contribution in [0, 0.1) is 11.3 Å². The molecule has 1 aliphatic heterocycles. The standard InChI is InChI=1S/C23H30F3N3O3/c1-22(2,3)19(13-30)28-21(31)15-9-14-10-17(32-4)11-18(20(14)27-12-15)29-7-5-16(6-8-29)23(24,25)26/h9-12,16,19,30H,5-8,13H2,1-4H3,(H,28,31)/t19-/m0/s1. The monoisotopic (exact) mass is 453 g/mol. The number of rotatable bonds is 5. The maximum absolute atomic E-state index is 13.0. The Morgan fingerprint density at radius 1 is 1.25 bits per heavy atom. The van der Waals surface area contributed by atoms with E-state index in [2.05, 4.69) is 10.3 Å². The van der Waals surface area contributed by atoms with Gasteiger partial charge in [0.15, 0.2) is 0 Å². The fourth-order valence-corrected chi connectivity index (χ4v) is 3.91. The molecular formula is C23H30F3N3O3. The molecule has 1 aromatic carbocycles. The quantitative estimate of drug-likeness (QED) is 0.711. The molecule has 1 fully saturated rings. The van der Waals surface area contributed by atoms with Crippen molar-refractivity contribution in [2.45, 2.75) is 45.8 Å². The minimum absolute atomic E-state index is 0.0258. The van der Waals surface area contributed by atoms with Gasteiger partial charge in [0.2, 0.25) is 0 Å². The number of alkyl halides is 3. The van der Waals surface area contributed by atoms with E-state index >= 15 is 0 Å². The normalized spacial score (nSPS) is 16.8. The summed E-state index contributed by atoms with van der Waals surface area (Å²) in [6, 6.07) is 4.77. The second-order valence-corrected chi connectivity index (χ2v) is 9.32. The van der Waals surface area contributed by atoms with Gasteiger partial charge in [0, 0.05) is 30.7 Å². The maximum Gasteiger partial charge on any atom is 0.391 e. The molecule has 1 atom stereocenters. The fraction of sp³-hybridized carbons (Fsp3) is 0.565. The third kappa shape index (κ3) is 5.26. The average Bonchev–Trinajstić information content (AvgIpc) is 2.74. The number of carbonyl (C=O) groups is 1. The Morgan fingerprint density at radius 3 is 2.44 bits per heavy atom. The number of benzene rings is 1. The predicted octanol–water partition coefficient (Wildman–Crippen LogP) is 4.16. The average molecular weight is 454 g/mol. The van der Waals surface area contributed by atoms with Gasteiger partial charge in [0.1, 0.15) is 5.75 Å². The molecule has 176 valence electrons. The minimum atomic E-state index is -4.18. The number of piperidine rings is 1. The number of anilines is 1. The second-order valence-electron chi connectivity index (χ2n) is 9.32. The zero-order valence-electron chi connectivity index (χ0n) is 18.8. The molecular weight excluding hydrogens is 423 g/mol. The van der Waals surface area contributed by atoms with Gasteiger partial charge < -0.3 is 20.1 Å². The van der Waals surface area contributed by atoms with Crippen molar-refractivity contribution < 1.29 is 27.8 Å². The molecule has 2 heterocycles. The molecule has 0 radical (unpaired) electrons. The van der Waals surface area contributed by atoms with Crippen LogP contribution in [-0.2, 0) is 0 Å². The fourth-order valence-electron chi connectivity index (χ4n) is 3.91. The summed E-state index contributed by atoms with van der Waals surface area (Å²) >= 11 is 0. The van der Waals surface area contributed by atoms with Crippen LogP contribution in [0.25, 0.3) is 10.9 Å². The Bertz CT molecular complexity index is 965. The highest BCUT2D eigenvalue weighted by molar-refractivity contribution is 6.00. The zero-order chi connectivity index (χ0) is 23.7. The van der Waals surface area contributed by atoms with Crippen LogP contribution in [0.3, 0.4) is 0 Å². The molecule has 0 aliphatic carbocycles. The molecule has 9 heteroatoms. The summed E-state index contributed by atoms with van der Waals surface area (Å²) in [5.41, 5.74) is 1.29. The van der Waals surface area contributed by atoms with Gasteiger partial charge in [-0.3, -0.25) is 9.78 Å². The molecule has 0 unspecified atom stereocenters. The van der Waals surface area contributed by atoms with E-state index in [4.69, 9.17) is 4.74 Å². The number of hydrogen-bond acceptors (Lipinski definition) is 5. The van der Waals surface area contributed by atoms with Crippen LogP contribution >= 0.6 is 0 Å². The Balaban J connectivity index is 1.90. The smallest absolute Gasteiger partial charge is 0.391 e. The molecule has 1 aliphatic rings. The van der Waals surface area contributed by atoms with Gasteiger partial charge in [-0.2, -0.15) is 13.2 Å². The number of carbonyl (C=O) groups excluding carboxylic acids is 1. The first-order chi connectivity index (χ1) is 14.9. The van der Waals surface area contributed by atoms with E-state index in [0.29, 0.717) is 27.9 Å². The molecule has 1 saturated heterocycles. The third-order valence-electron chi connectivity index (χ3n) is 6.07. The van der Waals surface area contributed by atoms with Crippen LogP contribution < -0.4 is 15.0 Å². The van der Waals surface area contributed by atoms with Crippen molar-refractivity contribution >= 4 is 22.5 Å². The molecule has 1 aromatic heterocycles.